The molecular weight excluding hydrogens is 273 g/mol. The predicted molar refractivity (Wildman–Crippen MR) is 70.1 cm³/mol. The highest BCUT2D eigenvalue weighted by Gasteiger charge is 2.34. The van der Waals surface area contributed by atoms with E-state index in [4.69, 9.17) is 5.11 Å². The Hall–Kier alpha value is -0.680. The van der Waals surface area contributed by atoms with Crippen LogP contribution in [-0.4, -0.2) is 10.4 Å². The minimum absolute atomic E-state index is 0.287. The van der Waals surface area contributed by atoms with Gasteiger partial charge in [0, 0.05) is 10.1 Å². The van der Waals surface area contributed by atoms with Gasteiger partial charge in [-0.15, -0.1) is 11.8 Å². The Balaban J connectivity index is 2.23. The Morgan fingerprint density at radius 3 is 2.42 bits per heavy atom. The van der Waals surface area contributed by atoms with Crippen LogP contribution in [-0.2, 0) is 12.8 Å². The molecule has 0 bridgehead atoms. The van der Waals surface area contributed by atoms with Crippen LogP contribution < -0.4 is 0 Å². The van der Waals surface area contributed by atoms with Crippen LogP contribution in [0.15, 0.2) is 23.1 Å². The van der Waals surface area contributed by atoms with Gasteiger partial charge in [0.05, 0.1) is 12.2 Å². The summed E-state index contributed by atoms with van der Waals surface area (Å²) in [7, 11) is 0. The van der Waals surface area contributed by atoms with E-state index >= 15 is 0 Å². The van der Waals surface area contributed by atoms with Crippen LogP contribution in [0.3, 0.4) is 0 Å². The average Bonchev–Trinajstić information content (AvgIpc) is 2.39. The van der Waals surface area contributed by atoms with E-state index in [1.807, 2.05) is 0 Å². The predicted octanol–water partition coefficient (Wildman–Crippen LogP) is 4.62. The van der Waals surface area contributed by atoms with E-state index in [0.717, 1.165) is 31.7 Å². The average molecular weight is 290 g/mol. The van der Waals surface area contributed by atoms with Crippen molar-refractivity contribution >= 4 is 11.8 Å². The van der Waals surface area contributed by atoms with Gasteiger partial charge in [-0.3, -0.25) is 0 Å². The highest BCUT2D eigenvalue weighted by Crippen LogP contribution is 2.41. The zero-order valence-corrected chi connectivity index (χ0v) is 11.4. The van der Waals surface area contributed by atoms with Crippen molar-refractivity contribution in [3.8, 4) is 0 Å². The zero-order valence-electron chi connectivity index (χ0n) is 10.5. The summed E-state index contributed by atoms with van der Waals surface area (Å²) in [6, 6.07) is 4.12. The van der Waals surface area contributed by atoms with Gasteiger partial charge in [0.25, 0.3) is 0 Å². The van der Waals surface area contributed by atoms with Gasteiger partial charge in [0.2, 0.25) is 0 Å². The van der Waals surface area contributed by atoms with Gasteiger partial charge in [0.15, 0.2) is 0 Å². The molecule has 5 heteroatoms. The lowest BCUT2D eigenvalue weighted by Crippen LogP contribution is -2.12. The van der Waals surface area contributed by atoms with E-state index < -0.39 is 11.7 Å². The summed E-state index contributed by atoms with van der Waals surface area (Å²) in [5.41, 5.74) is -0.310. The molecule has 2 rings (SSSR count). The molecule has 0 aliphatic heterocycles. The number of aliphatic hydroxyl groups is 1. The van der Waals surface area contributed by atoms with Crippen LogP contribution in [0.25, 0.3) is 0 Å². The molecule has 0 amide bonds. The van der Waals surface area contributed by atoms with Crippen molar-refractivity contribution < 1.29 is 18.3 Å². The standard InChI is InChI=1S/C14H17F3OS/c15-14(16,17)12-8-10(9-18)6-7-13(12)19-11-4-2-1-3-5-11/h6-8,11,18H,1-5,9H2. The molecule has 0 saturated heterocycles. The first-order chi connectivity index (χ1) is 9.00. The molecule has 1 nitrogen and oxygen atoms in total. The topological polar surface area (TPSA) is 20.2 Å². The third kappa shape index (κ3) is 3.89. The van der Waals surface area contributed by atoms with Crippen LogP contribution in [0.4, 0.5) is 13.2 Å². The molecule has 1 aromatic carbocycles. The Morgan fingerprint density at radius 2 is 1.84 bits per heavy atom. The molecule has 0 spiro atoms. The molecule has 0 unspecified atom stereocenters. The Bertz CT molecular complexity index is 425. The third-order valence-corrected chi connectivity index (χ3v) is 4.79. The third-order valence-electron chi connectivity index (χ3n) is 3.38. The first kappa shape index (κ1) is 14.7. The molecule has 1 aromatic rings. The summed E-state index contributed by atoms with van der Waals surface area (Å²) in [5, 5.41) is 9.25. The van der Waals surface area contributed by atoms with Crippen molar-refractivity contribution in [3.63, 3.8) is 0 Å². The fourth-order valence-corrected chi connectivity index (χ4v) is 3.74. The fraction of sp³-hybridized carbons (Fsp3) is 0.571. The van der Waals surface area contributed by atoms with Crippen molar-refractivity contribution in [2.45, 2.75) is 55.0 Å². The summed E-state index contributed by atoms with van der Waals surface area (Å²) in [6.45, 7) is -0.364. The van der Waals surface area contributed by atoms with Gasteiger partial charge in [0.1, 0.15) is 0 Å². The van der Waals surface area contributed by atoms with Gasteiger partial charge in [-0.2, -0.15) is 13.2 Å². The Labute approximate surface area is 115 Å². The minimum atomic E-state index is -4.36. The van der Waals surface area contributed by atoms with Gasteiger partial charge in [-0.05, 0) is 30.5 Å². The minimum Gasteiger partial charge on any atom is -0.392 e. The van der Waals surface area contributed by atoms with Crippen molar-refractivity contribution in [2.24, 2.45) is 0 Å². The first-order valence-corrected chi connectivity index (χ1v) is 7.36. The van der Waals surface area contributed by atoms with E-state index in [1.54, 1.807) is 6.07 Å². The number of hydrogen-bond acceptors (Lipinski definition) is 2. The lowest BCUT2D eigenvalue weighted by molar-refractivity contribution is -0.139. The Kier molecular flexibility index (Phi) is 4.79. The second kappa shape index (κ2) is 6.18. The van der Waals surface area contributed by atoms with Gasteiger partial charge < -0.3 is 5.11 Å². The summed E-state index contributed by atoms with van der Waals surface area (Å²) in [5.74, 6) is 0. The molecule has 1 N–H and O–H groups in total. The molecule has 0 atom stereocenters. The number of thioether (sulfide) groups is 1. The summed E-state index contributed by atoms with van der Waals surface area (Å²) < 4.78 is 39.1. The monoisotopic (exact) mass is 290 g/mol. The quantitative estimate of drug-likeness (QED) is 0.876. The fourth-order valence-electron chi connectivity index (χ4n) is 2.36. The van der Waals surface area contributed by atoms with Crippen molar-refractivity contribution in [2.75, 3.05) is 0 Å². The number of halogens is 3. The van der Waals surface area contributed by atoms with Crippen molar-refractivity contribution in [1.29, 1.82) is 0 Å². The van der Waals surface area contributed by atoms with Crippen molar-refractivity contribution in [3.05, 3.63) is 29.3 Å². The highest BCUT2D eigenvalue weighted by atomic mass is 32.2. The molecule has 19 heavy (non-hydrogen) atoms. The molecule has 1 aliphatic carbocycles. The molecule has 0 heterocycles. The SMILES string of the molecule is OCc1ccc(SC2CCCCC2)c(C(F)(F)F)c1. The maximum Gasteiger partial charge on any atom is 0.417 e. The number of alkyl halides is 3. The van der Waals surface area contributed by atoms with E-state index in [0.29, 0.717) is 5.56 Å². The van der Waals surface area contributed by atoms with Crippen molar-refractivity contribution in [1.82, 2.24) is 0 Å². The number of benzene rings is 1. The van der Waals surface area contributed by atoms with E-state index in [2.05, 4.69) is 0 Å². The first-order valence-electron chi connectivity index (χ1n) is 6.48. The van der Waals surface area contributed by atoms with E-state index in [-0.39, 0.29) is 16.8 Å². The van der Waals surface area contributed by atoms with E-state index in [9.17, 15) is 13.2 Å². The smallest absolute Gasteiger partial charge is 0.392 e. The Morgan fingerprint density at radius 1 is 1.16 bits per heavy atom. The molecule has 106 valence electrons. The number of rotatable bonds is 3. The van der Waals surface area contributed by atoms with Gasteiger partial charge in [-0.25, -0.2) is 0 Å². The lowest BCUT2D eigenvalue weighted by atomic mass is 10.0. The normalized spacial score (nSPS) is 17.7. The number of aliphatic hydroxyl groups excluding tert-OH is 1. The van der Waals surface area contributed by atoms with Crippen LogP contribution >= 0.6 is 11.8 Å². The van der Waals surface area contributed by atoms with E-state index in [1.165, 1.54) is 24.2 Å². The summed E-state index contributed by atoms with van der Waals surface area (Å²) >= 11 is 1.34. The molecule has 0 aromatic heterocycles. The zero-order chi connectivity index (χ0) is 13.9. The van der Waals surface area contributed by atoms with Crippen LogP contribution in [0.1, 0.15) is 43.2 Å². The van der Waals surface area contributed by atoms with Crippen LogP contribution in [0, 0.1) is 0 Å². The second-order valence-electron chi connectivity index (χ2n) is 4.86. The lowest BCUT2D eigenvalue weighted by Gasteiger charge is -2.23. The maximum absolute atomic E-state index is 13.0. The molecule has 1 fully saturated rings. The van der Waals surface area contributed by atoms with Gasteiger partial charge >= 0.3 is 6.18 Å². The van der Waals surface area contributed by atoms with Gasteiger partial charge in [-0.1, -0.05) is 25.3 Å². The largest absolute Gasteiger partial charge is 0.417 e. The molecule has 1 aliphatic rings. The molecular formula is C14H17F3OS. The maximum atomic E-state index is 13.0. The summed E-state index contributed by atoms with van der Waals surface area (Å²) in [4.78, 5) is 0.289. The second-order valence-corrected chi connectivity index (χ2v) is 6.21. The van der Waals surface area contributed by atoms with Crippen LogP contribution in [0.2, 0.25) is 0 Å². The molecule has 1 saturated carbocycles. The summed E-state index contributed by atoms with van der Waals surface area (Å²) in [6.07, 6.45) is 1.02. The highest BCUT2D eigenvalue weighted by molar-refractivity contribution is 8.00. The van der Waals surface area contributed by atoms with Crippen LogP contribution in [0.5, 0.6) is 0 Å². The molecule has 0 radical (unpaired) electrons. The number of hydrogen-bond donors (Lipinski definition) is 1.